The number of fused-ring (bicyclic) bond motifs is 14. The number of aryl methyl sites for hydroxylation is 3. The maximum Gasteiger partial charge on any atom is 1.00 e. The van der Waals surface area contributed by atoms with E-state index in [-0.39, 0.29) is 130 Å². The zero-order chi connectivity index (χ0) is 51.0. The first kappa shape index (κ1) is 71.4. The van der Waals surface area contributed by atoms with Crippen molar-refractivity contribution in [3.63, 3.8) is 0 Å². The van der Waals surface area contributed by atoms with E-state index in [4.69, 9.17) is 119 Å². The molecule has 12 rings (SSSR count). The summed E-state index contributed by atoms with van der Waals surface area (Å²) < 4.78 is 48.3. The summed E-state index contributed by atoms with van der Waals surface area (Å²) in [6, 6.07) is 20.3. The summed E-state index contributed by atoms with van der Waals surface area (Å²) >= 11 is 2.50. The second-order valence-electron chi connectivity index (χ2n) is 13.0. The summed E-state index contributed by atoms with van der Waals surface area (Å²) in [5.41, 5.74) is 17.5. The van der Waals surface area contributed by atoms with Crippen LogP contribution >= 0.6 is 0 Å². The van der Waals surface area contributed by atoms with Gasteiger partial charge in [-0.25, -0.2) is 5.53 Å². The third-order valence-corrected chi connectivity index (χ3v) is 10.2. The van der Waals surface area contributed by atoms with E-state index < -0.39 is 0 Å². The van der Waals surface area contributed by atoms with Gasteiger partial charge in [-0.2, -0.15) is 4.57 Å². The van der Waals surface area contributed by atoms with Crippen LogP contribution in [-0.2, 0) is 43.0 Å². The van der Waals surface area contributed by atoms with Crippen LogP contribution in [0.2, 0.25) is 0 Å². The zero-order valence-corrected chi connectivity index (χ0v) is 52.5. The monoisotopic (exact) mass is 1130 g/mol. The SMILES string of the molecule is O=c1c2c3c(ccc2cc2n1CCc1cc4c(cc1-2)OCO4)OCO3.[C-]#N.[C-]#N.[C-]#N.[C-]#N.[C-]#N.[C-]#N.[Cl-].[Fe+6].[K].[K][K].[N-]=NNNN=O.[Na+].c1c2c(cc3c1OCO3)-c1cc3ccc4c(c3c[n+]1CC2)OCO4. The van der Waals surface area contributed by atoms with E-state index in [2.05, 4.69) is 45.5 Å². The minimum Gasteiger partial charge on any atom is -0.454 e. The number of hydrogen-bond donors (Lipinski definition) is 2. The third kappa shape index (κ3) is 16.4. The number of ether oxygens (including phenoxy) is 8. The van der Waals surface area contributed by atoms with Crippen LogP contribution in [0.1, 0.15) is 11.1 Å². The fraction of sp³-hybridized carbons (Fsp3) is 0.182. The molecule has 6 aromatic rings. The summed E-state index contributed by atoms with van der Waals surface area (Å²) in [5.74, 6) is 6.03. The number of rotatable bonds is 3. The van der Waals surface area contributed by atoms with Crippen molar-refractivity contribution in [2.24, 2.45) is 10.5 Å². The first-order valence-electron chi connectivity index (χ1n) is 19.7. The molecule has 23 nitrogen and oxygen atoms in total. The Bertz CT molecular complexity index is 2970. The molecular formula is C44H29ClFeK3N13NaO10. The zero-order valence-electron chi connectivity index (χ0n) is 39.2. The van der Waals surface area contributed by atoms with Gasteiger partial charge in [0.1, 0.15) is 0 Å². The van der Waals surface area contributed by atoms with Gasteiger partial charge < -0.3 is 137 Å². The first-order chi connectivity index (χ1) is 34.1. The molecule has 8 heterocycles. The van der Waals surface area contributed by atoms with E-state index in [1.807, 2.05) is 41.0 Å². The van der Waals surface area contributed by atoms with Crippen molar-refractivity contribution in [1.29, 1.82) is 31.6 Å². The van der Waals surface area contributed by atoms with Crippen molar-refractivity contribution in [2.45, 2.75) is 25.9 Å². The molecule has 29 heteroatoms. The predicted molar refractivity (Wildman–Crippen MR) is 240 cm³/mol. The Kier molecular flexibility index (Phi) is 37.2. The number of halogens is 1. The van der Waals surface area contributed by atoms with Gasteiger partial charge in [0.2, 0.25) is 32.9 Å². The normalized spacial score (nSPS) is 11.6. The van der Waals surface area contributed by atoms with Crippen LogP contribution in [0.15, 0.2) is 82.2 Å². The molecule has 73 heavy (non-hydrogen) atoms. The van der Waals surface area contributed by atoms with Gasteiger partial charge in [0.25, 0.3) is 5.56 Å². The minimum atomic E-state index is -0.0434. The van der Waals surface area contributed by atoms with Crippen LogP contribution in [0.4, 0.5) is 0 Å². The third-order valence-electron chi connectivity index (χ3n) is 10.2. The average Bonchev–Trinajstić information content (AvgIpc) is 4.29. The largest absolute Gasteiger partial charge is 1.00 e. The second-order valence-corrected chi connectivity index (χ2v) is 13.0. The van der Waals surface area contributed by atoms with E-state index in [9.17, 15) is 4.79 Å². The Hall–Kier alpha value is -3.64. The van der Waals surface area contributed by atoms with Gasteiger partial charge in [-0.1, -0.05) is 6.07 Å². The molecule has 4 aromatic carbocycles. The van der Waals surface area contributed by atoms with Gasteiger partial charge in [-0.15, -0.1) is 4.91 Å². The van der Waals surface area contributed by atoms with Crippen molar-refractivity contribution >= 4 is 136 Å². The number of nitrogens with zero attached hydrogens (tertiary/aromatic N) is 11. The van der Waals surface area contributed by atoms with E-state index >= 15 is 0 Å². The van der Waals surface area contributed by atoms with Gasteiger partial charge in [0.15, 0.2) is 58.7 Å². The summed E-state index contributed by atoms with van der Waals surface area (Å²) in [4.78, 5) is 22.1. The Morgan fingerprint density at radius 1 is 0.616 bits per heavy atom. The van der Waals surface area contributed by atoms with Crippen LogP contribution in [0.5, 0.6) is 46.0 Å². The van der Waals surface area contributed by atoms with E-state index in [0.29, 0.717) is 37.0 Å². The molecule has 6 aliphatic heterocycles. The number of hydrogen-bond acceptors (Lipinski definition) is 18. The van der Waals surface area contributed by atoms with Gasteiger partial charge >= 0.3 is 110 Å². The molecule has 0 unspecified atom stereocenters. The molecule has 0 spiro atoms. The second kappa shape index (κ2) is 38.0. The molecule has 0 atom stereocenters. The van der Waals surface area contributed by atoms with Crippen molar-refractivity contribution in [2.75, 3.05) is 27.2 Å². The Morgan fingerprint density at radius 2 is 1.08 bits per heavy atom. The molecule has 0 saturated heterocycles. The van der Waals surface area contributed by atoms with Crippen molar-refractivity contribution < 1.29 is 101 Å². The quantitative estimate of drug-likeness (QED) is 0.0393. The summed E-state index contributed by atoms with van der Waals surface area (Å²) in [7, 11) is 0. The molecule has 2 N–H and O–H groups in total. The smallest absolute Gasteiger partial charge is 0.454 e. The number of aromatic nitrogens is 2. The maximum absolute atomic E-state index is 13.1. The van der Waals surface area contributed by atoms with Gasteiger partial charge in [-0.3, -0.25) is 10.0 Å². The number of benzene rings is 4. The fourth-order valence-electron chi connectivity index (χ4n) is 7.76. The number of nitroso groups, excluding NO2 is 1. The summed E-state index contributed by atoms with van der Waals surface area (Å²) in [6.45, 7) is 31.1. The van der Waals surface area contributed by atoms with Crippen LogP contribution in [0.25, 0.3) is 49.6 Å². The van der Waals surface area contributed by atoms with Gasteiger partial charge in [0.05, 0.1) is 27.3 Å². The summed E-state index contributed by atoms with van der Waals surface area (Å²) in [5, 5.41) is 45.5. The first-order valence-corrected chi connectivity index (χ1v) is 35.7. The molecule has 1 radical (unpaired) electrons. The van der Waals surface area contributed by atoms with Crippen molar-refractivity contribution in [1.82, 2.24) is 15.6 Å². The van der Waals surface area contributed by atoms with Crippen molar-refractivity contribution in [3.05, 3.63) is 138 Å². The standard InChI is InChI=1S/C19H13NO5.C19H14NO4.6CN.ClH.Fe.3K.H2N5O.Na/c21-19-17-11(1-2-14-18(17)25-9-22-14)5-13-12-7-16-15(23-8-24-16)6-10(12)3-4-20(13)19;1-2-16-19(24-10-21-16)14-8-20-4-3-12-6-17-18(23-9-22-17)7-13(12)15(20)5-11(1)14;6*1-2;;;;;;1-2-3-4-5-6;/h1-2,5-7H,3-4,8-9H2;1-2,5-8H,3-4,9-10H2;;;;;;;1H;;;;;(H2-,1,2,3,4,5,6);/q;+1;6*-1;;+6;;;;-1;+1/p-1. The molecule has 0 amide bonds. The molecule has 349 valence electrons. The molecular weight excluding hydrogens is 1100 g/mol. The van der Waals surface area contributed by atoms with Gasteiger partial charge in [-0.05, 0) is 76.9 Å². The summed E-state index contributed by atoms with van der Waals surface area (Å²) in [6.07, 6.45) is 3.92. The molecule has 0 aliphatic carbocycles. The molecule has 6 aliphatic rings. The van der Waals surface area contributed by atoms with E-state index in [0.717, 1.165) is 81.3 Å². The number of nitrogens with one attached hydrogen (secondary N) is 2. The van der Waals surface area contributed by atoms with E-state index in [1.54, 1.807) is 11.1 Å². The Labute approximate surface area is 545 Å². The predicted octanol–water partition coefficient (Wildman–Crippen LogP) is -1.37. The van der Waals surface area contributed by atoms with E-state index in [1.165, 1.54) is 85.5 Å². The maximum atomic E-state index is 13.1. The number of pyridine rings is 2. The average molecular weight is 1130 g/mol. The number of hydrazine groups is 1. The van der Waals surface area contributed by atoms with Crippen LogP contribution in [0.3, 0.4) is 0 Å². The fourth-order valence-corrected chi connectivity index (χ4v) is 7.76. The van der Waals surface area contributed by atoms with Crippen LogP contribution in [-0.4, -0.2) is 146 Å². The molecule has 0 fully saturated rings. The van der Waals surface area contributed by atoms with Crippen LogP contribution in [0, 0.1) is 75.9 Å². The van der Waals surface area contributed by atoms with Crippen LogP contribution < -0.4 is 101 Å². The molecule has 2 aromatic heterocycles. The Morgan fingerprint density at radius 3 is 1.62 bits per heavy atom. The minimum absolute atomic E-state index is 0. The Balaban J connectivity index is 0. The molecule has 0 bridgehead atoms. The van der Waals surface area contributed by atoms with Crippen molar-refractivity contribution in [3.8, 4) is 68.5 Å². The van der Waals surface area contributed by atoms with Gasteiger partial charge in [0, 0.05) is 76.0 Å². The molecule has 0 saturated carbocycles. The topological polar surface area (TPSA) is 331 Å².